The first kappa shape index (κ1) is 28.3. The number of hydrogen-bond donors (Lipinski definition) is 0. The molecule has 1 fully saturated rings. The Morgan fingerprint density at radius 3 is 2.18 bits per heavy atom. The molecule has 0 N–H and O–H groups in total. The van der Waals surface area contributed by atoms with Gasteiger partial charge in [0.05, 0.1) is 39.5 Å². The number of benzene rings is 2. The number of sulfone groups is 1. The highest BCUT2D eigenvalue weighted by Crippen LogP contribution is 2.37. The largest absolute Gasteiger partial charge is 0.416 e. The third-order valence-corrected chi connectivity index (χ3v) is 7.98. The molecule has 1 aliphatic rings. The number of amides is 1. The SMILES string of the molecule is CS(=O)(=O)c1ccc2nc(N(CCN3CCOCC3)C(=O)c3cc(C(F)(F)F)cc(C(F)(F)F)c3)sc2c1. The van der Waals surface area contributed by atoms with Crippen LogP contribution in [0.5, 0.6) is 0 Å². The first-order chi connectivity index (χ1) is 17.6. The molecule has 1 aromatic heterocycles. The van der Waals surface area contributed by atoms with E-state index in [0.29, 0.717) is 48.7 Å². The molecule has 1 saturated heterocycles. The second kappa shape index (κ2) is 10.4. The highest BCUT2D eigenvalue weighted by atomic mass is 32.2. The molecule has 2 heterocycles. The van der Waals surface area contributed by atoms with Gasteiger partial charge in [0, 0.05) is 38.0 Å². The lowest BCUT2D eigenvalue weighted by molar-refractivity contribution is -0.143. The lowest BCUT2D eigenvalue weighted by atomic mass is 10.0. The number of hydrogen-bond acceptors (Lipinski definition) is 7. The number of alkyl halides is 6. The number of carbonyl (C=O) groups is 1. The minimum Gasteiger partial charge on any atom is -0.379 e. The molecule has 0 spiro atoms. The summed E-state index contributed by atoms with van der Waals surface area (Å²) in [6.45, 7) is 2.10. The minimum atomic E-state index is -5.12. The van der Waals surface area contributed by atoms with Crippen LogP contribution >= 0.6 is 11.3 Å². The molecular formula is C23H21F6N3O4S2. The molecule has 38 heavy (non-hydrogen) atoms. The Kier molecular flexibility index (Phi) is 7.76. The number of carbonyl (C=O) groups excluding carboxylic acids is 1. The average Bonchev–Trinajstić information content (AvgIpc) is 3.26. The molecule has 0 radical (unpaired) electrons. The summed E-state index contributed by atoms with van der Waals surface area (Å²) < 4.78 is 110. The van der Waals surface area contributed by atoms with Crippen LogP contribution < -0.4 is 4.90 Å². The van der Waals surface area contributed by atoms with E-state index in [-0.39, 0.29) is 29.2 Å². The summed E-state index contributed by atoms with van der Waals surface area (Å²) in [7, 11) is -3.56. The number of ether oxygens (including phenoxy) is 1. The molecule has 1 aliphatic heterocycles. The minimum absolute atomic E-state index is 0.000842. The van der Waals surface area contributed by atoms with Crippen molar-refractivity contribution in [1.29, 1.82) is 0 Å². The van der Waals surface area contributed by atoms with Crippen LogP contribution in [-0.2, 0) is 26.9 Å². The highest BCUT2D eigenvalue weighted by Gasteiger charge is 2.38. The summed E-state index contributed by atoms with van der Waals surface area (Å²) in [5.41, 5.74) is -3.69. The van der Waals surface area contributed by atoms with Crippen LogP contribution in [0.2, 0.25) is 0 Å². The summed E-state index contributed by atoms with van der Waals surface area (Å²) in [6, 6.07) is 4.82. The van der Waals surface area contributed by atoms with Gasteiger partial charge in [-0.15, -0.1) is 0 Å². The number of nitrogens with zero attached hydrogens (tertiary/aromatic N) is 3. The van der Waals surface area contributed by atoms with Crippen molar-refractivity contribution in [1.82, 2.24) is 9.88 Å². The van der Waals surface area contributed by atoms with Crippen LogP contribution in [0.25, 0.3) is 10.2 Å². The highest BCUT2D eigenvalue weighted by molar-refractivity contribution is 7.90. The van der Waals surface area contributed by atoms with Gasteiger partial charge in [-0.05, 0) is 36.4 Å². The zero-order valence-electron chi connectivity index (χ0n) is 19.8. The van der Waals surface area contributed by atoms with Crippen molar-refractivity contribution >= 4 is 42.4 Å². The van der Waals surface area contributed by atoms with Crippen LogP contribution in [0, 0.1) is 0 Å². The molecule has 0 unspecified atom stereocenters. The monoisotopic (exact) mass is 581 g/mol. The lowest BCUT2D eigenvalue weighted by Gasteiger charge is -2.29. The molecule has 4 rings (SSSR count). The Morgan fingerprint density at radius 2 is 1.63 bits per heavy atom. The van der Waals surface area contributed by atoms with Crippen LogP contribution in [-0.4, -0.2) is 69.9 Å². The first-order valence-electron chi connectivity index (χ1n) is 11.1. The molecular weight excluding hydrogens is 560 g/mol. The van der Waals surface area contributed by atoms with Gasteiger partial charge < -0.3 is 4.74 Å². The van der Waals surface area contributed by atoms with E-state index in [9.17, 15) is 39.6 Å². The Balaban J connectivity index is 1.78. The summed E-state index contributed by atoms with van der Waals surface area (Å²) >= 11 is 0.907. The Labute approximate surface area is 217 Å². The van der Waals surface area contributed by atoms with Gasteiger partial charge in [0.1, 0.15) is 0 Å². The number of aromatic nitrogens is 1. The number of rotatable bonds is 6. The van der Waals surface area contributed by atoms with E-state index >= 15 is 0 Å². The Morgan fingerprint density at radius 1 is 1.03 bits per heavy atom. The Bertz CT molecular complexity index is 1420. The normalized spacial score (nSPS) is 15.7. The van der Waals surface area contributed by atoms with Gasteiger partial charge in [0.25, 0.3) is 5.91 Å². The van der Waals surface area contributed by atoms with E-state index in [1.54, 1.807) is 0 Å². The number of halogens is 6. The second-order valence-electron chi connectivity index (χ2n) is 8.60. The van der Waals surface area contributed by atoms with Crippen LogP contribution in [0.3, 0.4) is 0 Å². The van der Waals surface area contributed by atoms with Crippen molar-refractivity contribution in [2.24, 2.45) is 0 Å². The van der Waals surface area contributed by atoms with E-state index in [1.807, 2.05) is 4.90 Å². The molecule has 0 saturated carbocycles. The Hall–Kier alpha value is -2.75. The van der Waals surface area contributed by atoms with Crippen molar-refractivity contribution in [2.75, 3.05) is 50.5 Å². The predicted molar refractivity (Wildman–Crippen MR) is 128 cm³/mol. The standard InChI is InChI=1S/C23H21F6N3O4S2/c1-38(34,35)17-2-3-18-19(13-17)37-21(30-18)32(5-4-31-6-8-36-9-7-31)20(33)14-10-15(22(24,25)26)12-16(11-14)23(27,28)29/h2-3,10-13H,4-9H2,1H3. The number of thiazole rings is 1. The van der Waals surface area contributed by atoms with Crippen LogP contribution in [0.4, 0.5) is 31.5 Å². The van der Waals surface area contributed by atoms with Gasteiger partial charge in [-0.1, -0.05) is 11.3 Å². The summed E-state index contributed by atoms with van der Waals surface area (Å²) in [4.78, 5) is 20.8. The molecule has 0 atom stereocenters. The fraction of sp³-hybridized carbons (Fsp3) is 0.391. The molecule has 7 nitrogen and oxygen atoms in total. The van der Waals surface area contributed by atoms with Crippen molar-refractivity contribution < 1.29 is 44.3 Å². The molecule has 0 bridgehead atoms. The zero-order chi connectivity index (χ0) is 27.9. The van der Waals surface area contributed by atoms with Crippen molar-refractivity contribution in [2.45, 2.75) is 17.2 Å². The van der Waals surface area contributed by atoms with Crippen LogP contribution in [0.1, 0.15) is 21.5 Å². The van der Waals surface area contributed by atoms with Crippen molar-refractivity contribution in [3.63, 3.8) is 0 Å². The molecule has 1 amide bonds. The third kappa shape index (κ3) is 6.45. The van der Waals surface area contributed by atoms with E-state index in [1.165, 1.54) is 18.2 Å². The number of fused-ring (bicyclic) bond motifs is 1. The van der Waals surface area contributed by atoms with Crippen LogP contribution in [0.15, 0.2) is 41.3 Å². The maximum atomic E-state index is 13.5. The van der Waals surface area contributed by atoms with Gasteiger partial charge in [0.15, 0.2) is 15.0 Å². The average molecular weight is 582 g/mol. The molecule has 0 aliphatic carbocycles. The first-order valence-corrected chi connectivity index (χ1v) is 13.9. The maximum absolute atomic E-state index is 13.5. The second-order valence-corrected chi connectivity index (χ2v) is 11.6. The number of morpholine rings is 1. The summed E-state index contributed by atoms with van der Waals surface area (Å²) in [5, 5.41) is 0.00915. The molecule has 2 aromatic carbocycles. The van der Waals surface area contributed by atoms with Gasteiger partial charge in [-0.3, -0.25) is 14.6 Å². The van der Waals surface area contributed by atoms with Gasteiger partial charge in [-0.25, -0.2) is 13.4 Å². The van der Waals surface area contributed by atoms with Gasteiger partial charge in [0.2, 0.25) is 0 Å². The van der Waals surface area contributed by atoms with E-state index in [2.05, 4.69) is 4.98 Å². The zero-order valence-corrected chi connectivity index (χ0v) is 21.4. The van der Waals surface area contributed by atoms with E-state index < -0.39 is 44.8 Å². The summed E-state index contributed by atoms with van der Waals surface area (Å²) in [6.07, 6.45) is -9.22. The predicted octanol–water partition coefficient (Wildman–Crippen LogP) is 4.72. The van der Waals surface area contributed by atoms with Gasteiger partial charge in [-0.2, -0.15) is 26.3 Å². The molecule has 15 heteroatoms. The maximum Gasteiger partial charge on any atom is 0.416 e. The van der Waals surface area contributed by atoms with Crippen molar-refractivity contribution in [3.05, 3.63) is 53.1 Å². The third-order valence-electron chi connectivity index (χ3n) is 5.83. The number of anilines is 1. The molecule has 206 valence electrons. The fourth-order valence-electron chi connectivity index (χ4n) is 3.82. The molecule has 3 aromatic rings. The topological polar surface area (TPSA) is 79.8 Å². The van der Waals surface area contributed by atoms with E-state index in [4.69, 9.17) is 4.74 Å². The van der Waals surface area contributed by atoms with E-state index in [0.717, 1.165) is 22.5 Å². The smallest absolute Gasteiger partial charge is 0.379 e. The quantitative estimate of drug-likeness (QED) is 0.393. The summed E-state index contributed by atoms with van der Waals surface area (Å²) in [5.74, 6) is -1.10. The van der Waals surface area contributed by atoms with Crippen molar-refractivity contribution in [3.8, 4) is 0 Å². The van der Waals surface area contributed by atoms with Gasteiger partial charge >= 0.3 is 12.4 Å². The fourth-order valence-corrected chi connectivity index (χ4v) is 5.57. The lowest BCUT2D eigenvalue weighted by Crippen LogP contribution is -2.43.